The van der Waals surface area contributed by atoms with Crippen molar-refractivity contribution in [3.05, 3.63) is 51.5 Å². The molecule has 4 rings (SSSR count). The number of fused-ring (bicyclic) bond motifs is 3. The number of carbonyl (C=O) groups is 1. The summed E-state index contributed by atoms with van der Waals surface area (Å²) in [7, 11) is 0. The minimum Gasteiger partial charge on any atom is -0.494 e. The zero-order valence-electron chi connectivity index (χ0n) is 16.0. The van der Waals surface area contributed by atoms with Gasteiger partial charge in [-0.25, -0.2) is 0 Å². The topological polar surface area (TPSA) is 54.1 Å². The Kier molecular flexibility index (Phi) is 5.21. The number of carbonyl (C=O) groups excluding carboxylic acids is 1. The van der Waals surface area contributed by atoms with Crippen LogP contribution in [0.15, 0.2) is 24.3 Å². The lowest BCUT2D eigenvalue weighted by atomic mass is 10.1. The number of benzene rings is 1. The lowest BCUT2D eigenvalue weighted by Crippen LogP contribution is -2.23. The molecule has 0 saturated carbocycles. The van der Waals surface area contributed by atoms with Crippen LogP contribution >= 0.6 is 11.3 Å². The van der Waals surface area contributed by atoms with Gasteiger partial charge in [-0.1, -0.05) is 18.6 Å². The van der Waals surface area contributed by atoms with E-state index in [9.17, 15) is 4.79 Å². The normalized spacial score (nSPS) is 14.0. The minimum absolute atomic E-state index is 0.00374. The van der Waals surface area contributed by atoms with E-state index in [2.05, 4.69) is 10.3 Å². The highest BCUT2D eigenvalue weighted by molar-refractivity contribution is 7.19. The van der Waals surface area contributed by atoms with Gasteiger partial charge in [0.25, 0.3) is 5.91 Å². The number of H-pyrrole nitrogens is 1. The van der Waals surface area contributed by atoms with Crippen molar-refractivity contribution in [2.45, 2.75) is 52.5 Å². The molecule has 2 heterocycles. The lowest BCUT2D eigenvalue weighted by molar-refractivity contribution is 0.0952. The zero-order valence-corrected chi connectivity index (χ0v) is 16.8. The summed E-state index contributed by atoms with van der Waals surface area (Å²) in [5, 5.41) is 3.09. The molecule has 0 fully saturated rings. The smallest absolute Gasteiger partial charge is 0.254 e. The first kappa shape index (κ1) is 18.1. The molecule has 2 N–H and O–H groups in total. The molecule has 5 heteroatoms. The molecule has 3 aromatic rings. The Hall–Kier alpha value is -2.27. The fraction of sp³-hybridized carbons (Fsp3) is 0.409. The number of aryl methyl sites for hydroxylation is 3. The number of aromatic amines is 1. The van der Waals surface area contributed by atoms with Gasteiger partial charge in [-0.2, -0.15) is 0 Å². The second-order valence-corrected chi connectivity index (χ2v) is 8.36. The van der Waals surface area contributed by atoms with Gasteiger partial charge in [0.1, 0.15) is 5.75 Å². The summed E-state index contributed by atoms with van der Waals surface area (Å²) in [6.07, 6.45) is 6.00. The van der Waals surface area contributed by atoms with Crippen molar-refractivity contribution in [2.75, 3.05) is 6.61 Å². The molecule has 2 aromatic heterocycles. The lowest BCUT2D eigenvalue weighted by Gasteiger charge is -2.07. The molecule has 0 aliphatic heterocycles. The maximum atomic E-state index is 12.9. The summed E-state index contributed by atoms with van der Waals surface area (Å²) in [6, 6.07) is 7.89. The summed E-state index contributed by atoms with van der Waals surface area (Å²) in [4.78, 5) is 17.6. The largest absolute Gasteiger partial charge is 0.494 e. The first-order chi connectivity index (χ1) is 13.2. The fourth-order valence-electron chi connectivity index (χ4n) is 3.91. The van der Waals surface area contributed by atoms with E-state index in [-0.39, 0.29) is 5.91 Å². The molecule has 0 atom stereocenters. The summed E-state index contributed by atoms with van der Waals surface area (Å²) in [5.74, 6) is 0.861. The Morgan fingerprint density at radius 2 is 1.96 bits per heavy atom. The van der Waals surface area contributed by atoms with Crippen molar-refractivity contribution in [3.63, 3.8) is 0 Å². The standard InChI is InChI=1S/C22H26N2O2S/c1-3-26-16-11-9-15(10-12-16)13-23-22(25)19-14(2)27-21-17-7-5-4-6-8-18(17)24-20(19)21/h9-12,24H,3-8,13H2,1-2H3,(H,23,25). The molecule has 1 aliphatic carbocycles. The van der Waals surface area contributed by atoms with Crippen LogP contribution in [0.1, 0.15) is 58.2 Å². The number of thiophene rings is 1. The number of nitrogens with one attached hydrogen (secondary N) is 2. The second kappa shape index (κ2) is 7.77. The summed E-state index contributed by atoms with van der Waals surface area (Å²) in [6.45, 7) is 5.19. The van der Waals surface area contributed by atoms with Crippen LogP contribution in [0.2, 0.25) is 0 Å². The molecule has 0 radical (unpaired) electrons. The molecule has 4 nitrogen and oxygen atoms in total. The third-order valence-electron chi connectivity index (χ3n) is 5.27. The molecule has 0 bridgehead atoms. The minimum atomic E-state index is 0.00374. The van der Waals surface area contributed by atoms with Crippen LogP contribution in [-0.4, -0.2) is 17.5 Å². The maximum absolute atomic E-state index is 12.9. The highest BCUT2D eigenvalue weighted by atomic mass is 32.1. The van der Waals surface area contributed by atoms with Gasteiger partial charge in [-0.3, -0.25) is 4.79 Å². The number of amides is 1. The van der Waals surface area contributed by atoms with E-state index in [0.717, 1.165) is 40.1 Å². The number of hydrogen-bond donors (Lipinski definition) is 2. The first-order valence-electron chi connectivity index (χ1n) is 9.80. The molecule has 142 valence electrons. The van der Waals surface area contributed by atoms with Crippen molar-refractivity contribution in [2.24, 2.45) is 0 Å². The first-order valence-corrected chi connectivity index (χ1v) is 10.6. The van der Waals surface area contributed by atoms with E-state index in [4.69, 9.17) is 4.74 Å². The number of aromatic nitrogens is 1. The van der Waals surface area contributed by atoms with E-state index in [0.29, 0.717) is 13.2 Å². The Bertz CT molecular complexity index is 953. The van der Waals surface area contributed by atoms with E-state index in [1.807, 2.05) is 38.1 Å². The Morgan fingerprint density at radius 3 is 2.74 bits per heavy atom. The quantitative estimate of drug-likeness (QED) is 0.601. The molecule has 0 saturated heterocycles. The van der Waals surface area contributed by atoms with E-state index < -0.39 is 0 Å². The molecule has 0 unspecified atom stereocenters. The molecule has 27 heavy (non-hydrogen) atoms. The van der Waals surface area contributed by atoms with Crippen molar-refractivity contribution >= 4 is 27.5 Å². The van der Waals surface area contributed by atoms with Crippen LogP contribution in [0.5, 0.6) is 5.75 Å². The van der Waals surface area contributed by atoms with Gasteiger partial charge in [0, 0.05) is 17.1 Å². The van der Waals surface area contributed by atoms with Gasteiger partial charge in [0.15, 0.2) is 0 Å². The number of rotatable bonds is 5. The monoisotopic (exact) mass is 382 g/mol. The van der Waals surface area contributed by atoms with Crippen LogP contribution in [0.25, 0.3) is 10.2 Å². The van der Waals surface area contributed by atoms with E-state index in [1.165, 1.54) is 35.2 Å². The Labute approximate surface area is 163 Å². The Morgan fingerprint density at radius 1 is 1.19 bits per heavy atom. The summed E-state index contributed by atoms with van der Waals surface area (Å²) >= 11 is 1.76. The molecule has 1 aliphatic rings. The summed E-state index contributed by atoms with van der Waals surface area (Å²) < 4.78 is 6.76. The Balaban J connectivity index is 1.53. The van der Waals surface area contributed by atoms with Crippen LogP contribution in [0.3, 0.4) is 0 Å². The van der Waals surface area contributed by atoms with Crippen molar-refractivity contribution in [1.82, 2.24) is 10.3 Å². The molecular weight excluding hydrogens is 356 g/mol. The molecule has 1 aromatic carbocycles. The van der Waals surface area contributed by atoms with Crippen molar-refractivity contribution < 1.29 is 9.53 Å². The van der Waals surface area contributed by atoms with Gasteiger partial charge < -0.3 is 15.0 Å². The maximum Gasteiger partial charge on any atom is 0.254 e. The SMILES string of the molecule is CCOc1ccc(CNC(=O)c2c(C)sc3c4c([nH]c23)CCCCC4)cc1. The predicted octanol–water partition coefficient (Wildman–Crippen LogP) is 5.14. The van der Waals surface area contributed by atoms with Crippen LogP contribution < -0.4 is 10.1 Å². The zero-order chi connectivity index (χ0) is 18.8. The van der Waals surface area contributed by atoms with Gasteiger partial charge in [-0.15, -0.1) is 11.3 Å². The molecular formula is C22H26N2O2S. The van der Waals surface area contributed by atoms with E-state index in [1.54, 1.807) is 11.3 Å². The predicted molar refractivity (Wildman–Crippen MR) is 111 cm³/mol. The van der Waals surface area contributed by atoms with Gasteiger partial charge in [-0.05, 0) is 62.8 Å². The average Bonchev–Trinajstić information content (AvgIpc) is 3.04. The highest BCUT2D eigenvalue weighted by Crippen LogP contribution is 2.37. The van der Waals surface area contributed by atoms with Gasteiger partial charge in [0.2, 0.25) is 0 Å². The van der Waals surface area contributed by atoms with Crippen LogP contribution in [-0.2, 0) is 19.4 Å². The highest BCUT2D eigenvalue weighted by Gasteiger charge is 2.23. The third-order valence-corrected chi connectivity index (χ3v) is 6.43. The van der Waals surface area contributed by atoms with Crippen molar-refractivity contribution in [3.8, 4) is 5.75 Å². The van der Waals surface area contributed by atoms with Crippen molar-refractivity contribution in [1.29, 1.82) is 0 Å². The van der Waals surface area contributed by atoms with Gasteiger partial charge >= 0.3 is 0 Å². The van der Waals surface area contributed by atoms with E-state index >= 15 is 0 Å². The van der Waals surface area contributed by atoms with Crippen LogP contribution in [0, 0.1) is 6.92 Å². The fourth-order valence-corrected chi connectivity index (χ4v) is 5.12. The number of ether oxygens (including phenoxy) is 1. The average molecular weight is 383 g/mol. The van der Waals surface area contributed by atoms with Gasteiger partial charge in [0.05, 0.1) is 22.4 Å². The number of hydrogen-bond acceptors (Lipinski definition) is 3. The third kappa shape index (κ3) is 3.61. The second-order valence-electron chi connectivity index (χ2n) is 7.14. The summed E-state index contributed by atoms with van der Waals surface area (Å²) in [5.41, 5.74) is 5.70. The molecule has 1 amide bonds. The molecule has 0 spiro atoms. The van der Waals surface area contributed by atoms with Crippen LogP contribution in [0.4, 0.5) is 0 Å².